The van der Waals surface area contributed by atoms with Crippen LogP contribution in [-0.4, -0.2) is 39.0 Å². The summed E-state index contributed by atoms with van der Waals surface area (Å²) in [7, 11) is 0. The van der Waals surface area contributed by atoms with E-state index in [0.717, 1.165) is 22.8 Å². The topological polar surface area (TPSA) is 25.8 Å². The normalized spacial score (nSPS) is 12.2. The van der Waals surface area contributed by atoms with E-state index in [0.29, 0.717) is 0 Å². The number of hydrogen-bond donors (Lipinski definition) is 0. The molecule has 0 radical (unpaired) electrons. The van der Waals surface area contributed by atoms with Gasteiger partial charge in [-0.3, -0.25) is 0 Å². The van der Waals surface area contributed by atoms with Crippen LogP contribution in [0.3, 0.4) is 0 Å². The number of nitrogens with zero attached hydrogens (tertiary/aromatic N) is 2. The number of aryl methyl sites for hydroxylation is 12. The molecule has 0 unspecified atom stereocenters. The SMILES string of the molecule is Cc1cc(C)c(-c2c3nc(c(-c4c(C)cc(C)cc4C)c4ccc([se]4)c4ccc([se]4)c(-c4c(C)cc(C)cc4C)c4nc(c(-c5c(C)cc(C)cc5C)c5ccc(s5)c5ccc(s5)c5ccc(s5)c5ccc2s5)C=C4)C=C3)c(C)c1. The van der Waals surface area contributed by atoms with Crippen molar-refractivity contribution in [1.29, 1.82) is 0 Å². The third-order valence-corrected chi connectivity index (χ3v) is 26.0. The van der Waals surface area contributed by atoms with E-state index >= 15 is 0 Å². The second-order valence-electron chi connectivity index (χ2n) is 22.0. The molecule has 0 fully saturated rings. The minimum atomic E-state index is 0.0371. The van der Waals surface area contributed by atoms with Crippen LogP contribution in [0.5, 0.6) is 0 Å². The van der Waals surface area contributed by atoms with Gasteiger partial charge in [0.15, 0.2) is 0 Å². The Morgan fingerprint density at radius 1 is 0.237 bits per heavy atom. The molecule has 11 aromatic rings. The quantitative estimate of drug-likeness (QED) is 0.164. The molecule has 2 aliphatic rings. The first-order valence-electron chi connectivity index (χ1n) is 27.2. The molecule has 0 amide bonds. The summed E-state index contributed by atoms with van der Waals surface area (Å²) in [6.45, 7) is 27.1. The van der Waals surface area contributed by atoms with E-state index in [4.69, 9.17) is 9.97 Å². The zero-order chi connectivity index (χ0) is 55.4. The fraction of sp³-hybridized carbons (Fsp3) is 0.167. The number of fused-ring (bicyclic) bond motifs is 20. The van der Waals surface area contributed by atoms with Gasteiger partial charge in [-0.05, 0) is 0 Å². The van der Waals surface area contributed by atoms with Crippen LogP contribution in [-0.2, 0) is 0 Å². The Labute approximate surface area is 497 Å². The minimum absolute atomic E-state index is 0.0371. The number of benzene rings is 4. The second kappa shape index (κ2) is 20.9. The van der Waals surface area contributed by atoms with Crippen LogP contribution in [0.15, 0.2) is 121 Å². The molecule has 7 aromatic heterocycles. The summed E-state index contributed by atoms with van der Waals surface area (Å²) in [5.41, 5.74) is 29.5. The van der Waals surface area contributed by atoms with E-state index in [-0.39, 0.29) is 29.0 Å². The van der Waals surface area contributed by atoms with Crippen molar-refractivity contribution in [2.24, 2.45) is 0 Å². The molecule has 2 aliphatic heterocycles. The standard InChI is InChI=1S/C72H60N2S4Se2/c1-37-29-41(5)65(42(6)30-37)69-49-13-15-51(73-49)71(67-45(9)33-39(3)34-46(67)10)63-27-25-61(79-63)62-26-28-64(80-62)72(68-47(11)35-40(4)36-48(68)12)52-16-14-50(74-52)70(66-43(7)31-38(2)32-44(66)8)60-24-22-58(78-60)56-20-18-54(76-56)53-17-19-55(75-53)57-21-23-59(69)77-57/h13-36H,1-12H3. The predicted molar refractivity (Wildman–Crippen MR) is 359 cm³/mol. The summed E-state index contributed by atoms with van der Waals surface area (Å²) in [4.78, 5) is 11.6. The van der Waals surface area contributed by atoms with Gasteiger partial charge in [0.1, 0.15) is 0 Å². The van der Waals surface area contributed by atoms with Crippen molar-refractivity contribution in [2.75, 3.05) is 0 Å². The maximum absolute atomic E-state index is 5.79. The molecule has 8 heteroatoms. The third kappa shape index (κ3) is 9.56. The van der Waals surface area contributed by atoms with E-state index < -0.39 is 0 Å². The average molecular weight is 1240 g/mol. The van der Waals surface area contributed by atoms with Crippen molar-refractivity contribution >= 4 is 153 Å². The van der Waals surface area contributed by atoms with Crippen LogP contribution in [0.2, 0.25) is 0 Å². The third-order valence-electron chi connectivity index (χ3n) is 15.6. The Morgan fingerprint density at radius 2 is 0.450 bits per heavy atom. The van der Waals surface area contributed by atoms with Gasteiger partial charge >= 0.3 is 502 Å². The predicted octanol–water partition coefficient (Wildman–Crippen LogP) is 21.6. The van der Waals surface area contributed by atoms with Gasteiger partial charge in [-0.15, -0.1) is 0 Å². The summed E-state index contributed by atoms with van der Waals surface area (Å²) in [5, 5.41) is 0. The van der Waals surface area contributed by atoms with Crippen molar-refractivity contribution in [1.82, 2.24) is 9.97 Å². The number of thiophene rings is 4. The first kappa shape index (κ1) is 53.1. The molecule has 0 saturated heterocycles. The van der Waals surface area contributed by atoms with Crippen LogP contribution in [0.4, 0.5) is 0 Å². The molecule has 394 valence electrons. The van der Waals surface area contributed by atoms with E-state index in [9.17, 15) is 0 Å². The molecule has 0 aliphatic carbocycles. The van der Waals surface area contributed by atoms with Crippen molar-refractivity contribution in [3.05, 3.63) is 211 Å². The number of hydrogen-bond acceptors (Lipinski definition) is 6. The van der Waals surface area contributed by atoms with Crippen molar-refractivity contribution in [3.8, 4) is 44.5 Å². The summed E-state index contributed by atoms with van der Waals surface area (Å²) in [6, 6.07) is 47.1. The van der Waals surface area contributed by atoms with Gasteiger partial charge in [-0.2, -0.15) is 0 Å². The molecule has 0 atom stereocenters. The van der Waals surface area contributed by atoms with Crippen molar-refractivity contribution in [2.45, 2.75) is 83.1 Å². The Balaban J connectivity index is 1.18. The van der Waals surface area contributed by atoms with Gasteiger partial charge in [0.25, 0.3) is 0 Å². The molecule has 9 heterocycles. The summed E-state index contributed by atoms with van der Waals surface area (Å²) >= 11 is 7.61. The molecular formula is C72H60N2S4Se2. The Kier molecular flexibility index (Phi) is 13.9. The van der Waals surface area contributed by atoms with Gasteiger partial charge in [-0.25, -0.2) is 0 Å². The first-order chi connectivity index (χ1) is 38.5. The Morgan fingerprint density at radius 3 is 0.725 bits per heavy atom. The van der Waals surface area contributed by atoms with E-state index in [1.807, 2.05) is 45.3 Å². The van der Waals surface area contributed by atoms with Crippen LogP contribution in [0, 0.1) is 83.1 Å². The Bertz CT molecular complexity index is 4460. The average Bonchev–Trinajstić information content (AvgIpc) is 4.43. The fourth-order valence-corrected chi connectivity index (χ4v) is 22.2. The summed E-state index contributed by atoms with van der Waals surface area (Å²) < 4.78 is 15.8. The zero-order valence-electron chi connectivity index (χ0n) is 47.2. The van der Waals surface area contributed by atoms with Gasteiger partial charge < -0.3 is 0 Å². The molecule has 4 aromatic carbocycles. The summed E-state index contributed by atoms with van der Waals surface area (Å²) in [6.07, 6.45) is 9.19. The zero-order valence-corrected chi connectivity index (χ0v) is 53.9. The molecule has 0 saturated carbocycles. The maximum atomic E-state index is 5.79. The van der Waals surface area contributed by atoms with Crippen LogP contribution in [0.25, 0.3) is 123 Å². The fourth-order valence-electron chi connectivity index (χ4n) is 12.7. The van der Waals surface area contributed by atoms with Crippen molar-refractivity contribution in [3.63, 3.8) is 0 Å². The molecular weight excluding hydrogens is 1180 g/mol. The molecule has 0 spiro atoms. The van der Waals surface area contributed by atoms with Crippen LogP contribution in [0.1, 0.15) is 89.5 Å². The van der Waals surface area contributed by atoms with E-state index in [2.05, 4.69) is 229 Å². The molecule has 0 N–H and O–H groups in total. The van der Waals surface area contributed by atoms with Gasteiger partial charge in [0.05, 0.1) is 0 Å². The number of aromatic nitrogens is 2. The van der Waals surface area contributed by atoms with Crippen molar-refractivity contribution < 1.29 is 0 Å². The monoisotopic (exact) mass is 1240 g/mol. The molecule has 80 heavy (non-hydrogen) atoms. The van der Waals surface area contributed by atoms with E-state index in [1.54, 1.807) is 0 Å². The number of rotatable bonds is 4. The van der Waals surface area contributed by atoms with E-state index in [1.165, 1.54) is 166 Å². The van der Waals surface area contributed by atoms with Crippen LogP contribution >= 0.6 is 45.3 Å². The second-order valence-corrected chi connectivity index (χ2v) is 30.9. The van der Waals surface area contributed by atoms with Gasteiger partial charge in [-0.1, -0.05) is 0 Å². The summed E-state index contributed by atoms with van der Waals surface area (Å²) in [5.74, 6) is 0. The van der Waals surface area contributed by atoms with Gasteiger partial charge in [0.2, 0.25) is 0 Å². The molecule has 16 bridgehead atoms. The van der Waals surface area contributed by atoms with Crippen LogP contribution < -0.4 is 0 Å². The molecule has 2 nitrogen and oxygen atoms in total. The Hall–Kier alpha value is -6.28. The first-order valence-corrected chi connectivity index (χ1v) is 33.9. The molecule has 13 rings (SSSR count). The van der Waals surface area contributed by atoms with Gasteiger partial charge in [0, 0.05) is 0 Å².